The molecule has 6 heteroatoms. The third kappa shape index (κ3) is 2.71. The number of nitrogens with one attached hydrogen (secondary N) is 2. The molecule has 1 aliphatic rings. The van der Waals surface area contributed by atoms with Crippen LogP contribution in [-0.4, -0.2) is 41.2 Å². The van der Waals surface area contributed by atoms with Crippen molar-refractivity contribution in [3.8, 4) is 0 Å². The molecule has 1 amide bonds. The van der Waals surface area contributed by atoms with E-state index in [1.54, 1.807) is 11.8 Å². The van der Waals surface area contributed by atoms with E-state index < -0.39 is 5.97 Å². The Labute approximate surface area is 73.9 Å². The van der Waals surface area contributed by atoms with Crippen molar-refractivity contribution < 1.29 is 14.7 Å². The molecule has 0 aromatic heterocycles. The van der Waals surface area contributed by atoms with E-state index >= 15 is 0 Å². The molecule has 0 saturated carbocycles. The molecule has 1 atom stereocenters. The van der Waals surface area contributed by atoms with Crippen molar-refractivity contribution >= 4 is 23.6 Å². The van der Waals surface area contributed by atoms with Crippen LogP contribution in [0, 0.1) is 0 Å². The molecule has 12 heavy (non-hydrogen) atoms. The van der Waals surface area contributed by atoms with Crippen LogP contribution in [0.1, 0.15) is 0 Å². The number of hydrogen-bond donors (Lipinski definition) is 3. The van der Waals surface area contributed by atoms with Gasteiger partial charge in [0.1, 0.15) is 6.54 Å². The molecule has 1 saturated heterocycles. The van der Waals surface area contributed by atoms with Crippen molar-refractivity contribution in [2.75, 3.05) is 18.2 Å². The zero-order chi connectivity index (χ0) is 8.97. The first-order chi connectivity index (χ1) is 5.70. The molecule has 1 fully saturated rings. The van der Waals surface area contributed by atoms with Crippen LogP contribution in [0.15, 0.2) is 0 Å². The predicted molar refractivity (Wildman–Crippen MR) is 44.9 cm³/mol. The maximum atomic E-state index is 11.1. The van der Waals surface area contributed by atoms with Gasteiger partial charge >= 0.3 is 5.97 Å². The lowest BCUT2D eigenvalue weighted by molar-refractivity contribution is -0.138. The fourth-order valence-corrected chi connectivity index (χ4v) is 1.79. The summed E-state index contributed by atoms with van der Waals surface area (Å²) in [6.07, 6.45) is 0. The quantitative estimate of drug-likeness (QED) is 0.389. The van der Waals surface area contributed by atoms with Gasteiger partial charge in [0.25, 0.3) is 0 Å². The molecular weight excluding hydrogens is 183 g/mol. The Morgan fingerprint density at radius 2 is 2.42 bits per heavy atom. The zero-order valence-electron chi connectivity index (χ0n) is 6.37. The molecule has 0 spiro atoms. The van der Waals surface area contributed by atoms with Gasteiger partial charge in [0.15, 0.2) is 0 Å². The number of carbonyl (C=O) groups excluding carboxylic acids is 1. The Balaban J connectivity index is 2.23. The van der Waals surface area contributed by atoms with Gasteiger partial charge in [-0.2, -0.15) is 0 Å². The predicted octanol–water partition coefficient (Wildman–Crippen LogP) is -1.15. The zero-order valence-corrected chi connectivity index (χ0v) is 7.19. The minimum atomic E-state index is -1.02. The van der Waals surface area contributed by atoms with E-state index in [-0.39, 0.29) is 18.5 Å². The molecule has 0 unspecified atom stereocenters. The first kappa shape index (κ1) is 9.34. The van der Waals surface area contributed by atoms with Crippen LogP contribution in [0.2, 0.25) is 0 Å². The Kier molecular flexibility index (Phi) is 3.36. The number of amides is 1. The normalized spacial score (nSPS) is 22.2. The second-order valence-electron chi connectivity index (χ2n) is 2.38. The van der Waals surface area contributed by atoms with Crippen molar-refractivity contribution in [1.82, 2.24) is 10.6 Å². The molecule has 1 aliphatic heterocycles. The van der Waals surface area contributed by atoms with E-state index in [1.807, 2.05) is 0 Å². The maximum Gasteiger partial charge on any atom is 0.322 e. The summed E-state index contributed by atoms with van der Waals surface area (Å²) in [5, 5.41) is 13.5. The van der Waals surface area contributed by atoms with Gasteiger partial charge in [-0.1, -0.05) is 0 Å². The molecular formula is C6H10N2O3S. The highest BCUT2D eigenvalue weighted by atomic mass is 32.2. The average molecular weight is 193 g/mol. The van der Waals surface area contributed by atoms with E-state index in [9.17, 15) is 9.59 Å². The molecule has 5 nitrogen and oxygen atoms in total. The van der Waals surface area contributed by atoms with Crippen LogP contribution in [0.3, 0.4) is 0 Å². The fraction of sp³-hybridized carbons (Fsp3) is 0.667. The monoisotopic (exact) mass is 193 g/mol. The SMILES string of the molecule is O=C([15NH][13CH2][13C](=O)O)[C@@H]1CSCN1. The van der Waals surface area contributed by atoms with Crippen LogP contribution < -0.4 is 10.6 Å². The van der Waals surface area contributed by atoms with E-state index in [2.05, 4.69) is 10.6 Å². The number of carboxylic acids is 1. The van der Waals surface area contributed by atoms with Crippen LogP contribution in [0.4, 0.5) is 0 Å². The number of aliphatic carboxylic acids is 1. The highest BCUT2D eigenvalue weighted by molar-refractivity contribution is 7.99. The van der Waals surface area contributed by atoms with E-state index in [4.69, 9.17) is 5.11 Å². The Morgan fingerprint density at radius 1 is 1.67 bits per heavy atom. The van der Waals surface area contributed by atoms with Crippen molar-refractivity contribution in [2.45, 2.75) is 6.04 Å². The molecule has 68 valence electrons. The summed E-state index contributed by atoms with van der Waals surface area (Å²) >= 11 is 1.63. The lowest BCUT2D eigenvalue weighted by Gasteiger charge is -2.07. The van der Waals surface area contributed by atoms with Crippen molar-refractivity contribution in [1.29, 1.82) is 0 Å². The summed E-state index contributed by atoms with van der Waals surface area (Å²) in [6.45, 7) is -0.304. The minimum Gasteiger partial charge on any atom is -0.480 e. The van der Waals surface area contributed by atoms with E-state index in [0.717, 1.165) is 5.88 Å². The summed E-state index contributed by atoms with van der Waals surface area (Å²) in [5.74, 6) is 0.216. The summed E-state index contributed by atoms with van der Waals surface area (Å²) in [5.41, 5.74) is 0. The molecule has 0 aliphatic carbocycles. The Hall–Kier alpha value is -0.750. The van der Waals surface area contributed by atoms with Gasteiger partial charge < -0.3 is 10.4 Å². The second-order valence-corrected chi connectivity index (χ2v) is 3.41. The molecule has 0 radical (unpaired) electrons. The van der Waals surface area contributed by atoms with Crippen molar-refractivity contribution in [3.05, 3.63) is 0 Å². The highest BCUT2D eigenvalue weighted by Crippen LogP contribution is 2.08. The summed E-state index contributed by atoms with van der Waals surface area (Å²) < 4.78 is 0. The molecule has 0 aromatic rings. The largest absolute Gasteiger partial charge is 0.480 e. The third-order valence-corrected chi connectivity index (χ3v) is 2.39. The molecule has 1 rings (SSSR count). The molecule has 0 bridgehead atoms. The standard InChI is InChI=1S/C6H10N2O3S/c9-5(10)1-7-6(11)4-2-12-3-8-4/h4,8H,1-3H2,(H,7,11)(H,9,10)/t4-/m0/s1/i1+1,5+1,7+1. The van der Waals surface area contributed by atoms with Crippen molar-refractivity contribution in [3.63, 3.8) is 0 Å². The minimum absolute atomic E-state index is 0.227. The van der Waals surface area contributed by atoms with Gasteiger partial charge in [0, 0.05) is 11.6 Å². The first-order valence-electron chi connectivity index (χ1n) is 3.51. The van der Waals surface area contributed by atoms with Crippen LogP contribution in [0.25, 0.3) is 0 Å². The topological polar surface area (TPSA) is 78.4 Å². The smallest absolute Gasteiger partial charge is 0.322 e. The number of carbonyl (C=O) groups is 2. The van der Waals surface area contributed by atoms with Gasteiger partial charge in [-0.15, -0.1) is 11.8 Å². The van der Waals surface area contributed by atoms with Crippen molar-refractivity contribution in [2.24, 2.45) is 0 Å². The van der Waals surface area contributed by atoms with Gasteiger partial charge in [-0.05, 0) is 0 Å². The van der Waals surface area contributed by atoms with Gasteiger partial charge in [0.05, 0.1) is 6.04 Å². The summed E-state index contributed by atoms with van der Waals surface area (Å²) in [6, 6.07) is -0.227. The lowest BCUT2D eigenvalue weighted by atomic mass is 10.3. The second kappa shape index (κ2) is 4.32. The van der Waals surface area contributed by atoms with Crippen LogP contribution in [0.5, 0.6) is 0 Å². The van der Waals surface area contributed by atoms with Crippen LogP contribution in [-0.2, 0) is 9.59 Å². The number of thioether (sulfide) groups is 1. The lowest BCUT2D eigenvalue weighted by Crippen LogP contribution is -2.43. The average Bonchev–Trinajstić information content (AvgIpc) is 2.51. The number of hydrogen-bond acceptors (Lipinski definition) is 4. The Morgan fingerprint density at radius 3 is 2.92 bits per heavy atom. The van der Waals surface area contributed by atoms with E-state index in [1.165, 1.54) is 0 Å². The summed E-state index contributed by atoms with van der Waals surface area (Å²) in [7, 11) is 0. The number of rotatable bonds is 3. The van der Waals surface area contributed by atoms with Gasteiger partial charge in [0.2, 0.25) is 5.91 Å². The highest BCUT2D eigenvalue weighted by Gasteiger charge is 2.22. The first-order valence-corrected chi connectivity index (χ1v) is 4.66. The maximum absolute atomic E-state index is 11.1. The molecule has 1 heterocycles. The van der Waals surface area contributed by atoms with E-state index in [0.29, 0.717) is 5.75 Å². The summed E-state index contributed by atoms with van der Waals surface area (Å²) in [4.78, 5) is 21.2. The number of carboxylic acid groups (broad SMARTS) is 1. The van der Waals surface area contributed by atoms with Gasteiger partial charge in [-0.25, -0.2) is 0 Å². The molecule has 0 aromatic carbocycles. The molecule has 3 N–H and O–H groups in total. The van der Waals surface area contributed by atoms with Gasteiger partial charge in [-0.3, -0.25) is 14.9 Å². The Bertz CT molecular complexity index is 191. The van der Waals surface area contributed by atoms with Crippen LogP contribution >= 0.6 is 11.8 Å². The fourth-order valence-electron chi connectivity index (χ4n) is 0.850. The third-order valence-electron chi connectivity index (χ3n) is 1.45.